The van der Waals surface area contributed by atoms with Crippen LogP contribution in [0.15, 0.2) is 36.7 Å². The van der Waals surface area contributed by atoms with Crippen LogP contribution in [0, 0.1) is 0 Å². The summed E-state index contributed by atoms with van der Waals surface area (Å²) in [6, 6.07) is 7.09. The van der Waals surface area contributed by atoms with Gasteiger partial charge in [-0.3, -0.25) is 9.89 Å². The monoisotopic (exact) mass is 315 g/mol. The Bertz CT molecular complexity index is 843. The zero-order valence-corrected chi connectivity index (χ0v) is 12.8. The summed E-state index contributed by atoms with van der Waals surface area (Å²) < 4.78 is 0. The van der Waals surface area contributed by atoms with E-state index in [1.807, 2.05) is 25.1 Å². The van der Waals surface area contributed by atoms with E-state index in [1.165, 1.54) is 0 Å². The van der Waals surface area contributed by atoms with E-state index < -0.39 is 0 Å². The Morgan fingerprint density at radius 2 is 2.14 bits per heavy atom. The van der Waals surface area contributed by atoms with Crippen molar-refractivity contribution in [2.45, 2.75) is 0 Å². The van der Waals surface area contributed by atoms with Crippen molar-refractivity contribution in [2.24, 2.45) is 0 Å². The predicted molar refractivity (Wildman–Crippen MR) is 87.6 cm³/mol. The minimum absolute atomic E-state index is 0.289. The molecule has 0 bridgehead atoms. The number of H-pyrrole nitrogens is 1. The van der Waals surface area contributed by atoms with Crippen molar-refractivity contribution in [3.05, 3.63) is 47.4 Å². The van der Waals surface area contributed by atoms with Crippen LogP contribution in [0.4, 0.5) is 11.4 Å². The highest BCUT2D eigenvalue weighted by Gasteiger charge is 2.16. The normalized spacial score (nSPS) is 10.7. The molecule has 1 amide bonds. The van der Waals surface area contributed by atoms with E-state index in [1.54, 1.807) is 30.6 Å². The first-order valence-electron chi connectivity index (χ1n) is 6.63. The maximum atomic E-state index is 12.5. The van der Waals surface area contributed by atoms with Gasteiger partial charge in [0.15, 0.2) is 5.69 Å². The molecule has 7 heteroatoms. The molecule has 0 aliphatic heterocycles. The summed E-state index contributed by atoms with van der Waals surface area (Å²) in [5.74, 6) is -0.289. The molecule has 0 spiro atoms. The Labute approximate surface area is 132 Å². The van der Waals surface area contributed by atoms with E-state index in [0.29, 0.717) is 21.9 Å². The van der Waals surface area contributed by atoms with Gasteiger partial charge < -0.3 is 10.2 Å². The number of carbonyl (C=O) groups is 1. The molecule has 0 fully saturated rings. The van der Waals surface area contributed by atoms with Gasteiger partial charge in [-0.1, -0.05) is 11.6 Å². The van der Waals surface area contributed by atoms with Gasteiger partial charge in [-0.05, 0) is 24.3 Å². The summed E-state index contributed by atoms with van der Waals surface area (Å²) in [7, 11) is 3.73. The number of nitrogens with zero attached hydrogens (tertiary/aromatic N) is 3. The van der Waals surface area contributed by atoms with Crippen LogP contribution in [0.2, 0.25) is 5.02 Å². The van der Waals surface area contributed by atoms with Gasteiger partial charge >= 0.3 is 0 Å². The fourth-order valence-electron chi connectivity index (χ4n) is 2.22. The van der Waals surface area contributed by atoms with Gasteiger partial charge in [0.1, 0.15) is 0 Å². The molecule has 112 valence electrons. The number of anilines is 2. The third kappa shape index (κ3) is 2.48. The summed E-state index contributed by atoms with van der Waals surface area (Å²) in [5.41, 5.74) is 2.39. The van der Waals surface area contributed by atoms with Gasteiger partial charge in [0.05, 0.1) is 28.1 Å². The van der Waals surface area contributed by atoms with Crippen molar-refractivity contribution in [3.8, 4) is 0 Å². The lowest BCUT2D eigenvalue weighted by Crippen LogP contribution is -2.20. The molecule has 0 atom stereocenters. The van der Waals surface area contributed by atoms with Gasteiger partial charge in [0.2, 0.25) is 0 Å². The molecule has 3 rings (SSSR count). The van der Waals surface area contributed by atoms with E-state index in [0.717, 1.165) is 11.1 Å². The first-order chi connectivity index (χ1) is 10.6. The second-order valence-electron chi connectivity index (χ2n) is 4.97. The zero-order valence-electron chi connectivity index (χ0n) is 12.1. The number of hydrogen-bond acceptors (Lipinski definition) is 4. The largest absolute Gasteiger partial charge is 0.376 e. The van der Waals surface area contributed by atoms with Crippen LogP contribution in [0.3, 0.4) is 0 Å². The van der Waals surface area contributed by atoms with Gasteiger partial charge in [0, 0.05) is 25.7 Å². The van der Waals surface area contributed by atoms with Gasteiger partial charge in [-0.25, -0.2) is 4.98 Å². The Hall–Kier alpha value is -2.60. The average Bonchev–Trinajstić information content (AvgIpc) is 3.00. The SMILES string of the molecule is CN(C)c1cccnc1C(=O)Nc1ccc(Cl)c2cn[nH]c12. The molecule has 0 radical (unpaired) electrons. The number of aromatic amines is 1. The molecule has 0 aliphatic rings. The van der Waals surface area contributed by atoms with Crippen molar-refractivity contribution in [1.82, 2.24) is 15.2 Å². The minimum atomic E-state index is -0.289. The van der Waals surface area contributed by atoms with Gasteiger partial charge in [0.25, 0.3) is 5.91 Å². The van der Waals surface area contributed by atoms with E-state index in [-0.39, 0.29) is 5.91 Å². The predicted octanol–water partition coefficient (Wildman–Crippen LogP) is 2.93. The first-order valence-corrected chi connectivity index (χ1v) is 7.01. The van der Waals surface area contributed by atoms with Crippen LogP contribution in [0.25, 0.3) is 10.9 Å². The Kier molecular flexibility index (Phi) is 3.68. The van der Waals surface area contributed by atoms with Crippen molar-refractivity contribution < 1.29 is 4.79 Å². The molecule has 3 aromatic rings. The summed E-state index contributed by atoms with van der Waals surface area (Å²) in [6.07, 6.45) is 3.22. The van der Waals surface area contributed by atoms with Crippen molar-refractivity contribution in [2.75, 3.05) is 24.3 Å². The number of pyridine rings is 1. The number of fused-ring (bicyclic) bond motifs is 1. The first kappa shape index (κ1) is 14.3. The van der Waals surface area contributed by atoms with E-state index >= 15 is 0 Å². The van der Waals surface area contributed by atoms with Crippen LogP contribution < -0.4 is 10.2 Å². The highest BCUT2D eigenvalue weighted by Crippen LogP contribution is 2.28. The van der Waals surface area contributed by atoms with Crippen LogP contribution in [0.5, 0.6) is 0 Å². The highest BCUT2D eigenvalue weighted by atomic mass is 35.5. The van der Waals surface area contributed by atoms with Crippen LogP contribution in [-0.2, 0) is 0 Å². The number of hydrogen-bond donors (Lipinski definition) is 2. The van der Waals surface area contributed by atoms with Gasteiger partial charge in [-0.2, -0.15) is 5.10 Å². The number of rotatable bonds is 3. The lowest BCUT2D eigenvalue weighted by molar-refractivity contribution is 0.102. The van der Waals surface area contributed by atoms with E-state index in [2.05, 4.69) is 20.5 Å². The van der Waals surface area contributed by atoms with Crippen molar-refractivity contribution in [3.63, 3.8) is 0 Å². The lowest BCUT2D eigenvalue weighted by Gasteiger charge is -2.16. The second-order valence-corrected chi connectivity index (χ2v) is 5.38. The third-order valence-corrected chi connectivity index (χ3v) is 3.62. The standard InChI is InChI=1S/C15H14ClN5O/c1-21(2)12-4-3-7-17-14(12)15(22)19-11-6-5-10(16)9-8-18-20-13(9)11/h3-8H,1-2H3,(H,18,20)(H,19,22). The highest BCUT2D eigenvalue weighted by molar-refractivity contribution is 6.36. The number of benzene rings is 1. The maximum Gasteiger partial charge on any atom is 0.276 e. The summed E-state index contributed by atoms with van der Waals surface area (Å²) in [5, 5.41) is 11.0. The zero-order chi connectivity index (χ0) is 15.7. The second kappa shape index (κ2) is 5.65. The molecule has 2 N–H and O–H groups in total. The van der Waals surface area contributed by atoms with Crippen molar-refractivity contribution in [1.29, 1.82) is 0 Å². The Balaban J connectivity index is 1.97. The lowest BCUT2D eigenvalue weighted by atomic mass is 10.2. The topological polar surface area (TPSA) is 73.9 Å². The minimum Gasteiger partial charge on any atom is -0.376 e. The average molecular weight is 316 g/mol. The van der Waals surface area contributed by atoms with Crippen LogP contribution in [0.1, 0.15) is 10.5 Å². The molecule has 22 heavy (non-hydrogen) atoms. The molecule has 0 saturated heterocycles. The quantitative estimate of drug-likeness (QED) is 0.779. The number of aromatic nitrogens is 3. The fraction of sp³-hybridized carbons (Fsp3) is 0.133. The number of nitrogens with one attached hydrogen (secondary N) is 2. The summed E-state index contributed by atoms with van der Waals surface area (Å²) >= 11 is 6.10. The molecule has 6 nitrogen and oxygen atoms in total. The van der Waals surface area contributed by atoms with Crippen molar-refractivity contribution >= 4 is 39.8 Å². The molecule has 2 heterocycles. The molecular formula is C15H14ClN5O. The van der Waals surface area contributed by atoms with Gasteiger partial charge in [-0.15, -0.1) is 0 Å². The van der Waals surface area contributed by atoms with Crippen LogP contribution >= 0.6 is 11.6 Å². The smallest absolute Gasteiger partial charge is 0.276 e. The number of halogens is 1. The molecule has 0 aliphatic carbocycles. The van der Waals surface area contributed by atoms with Crippen LogP contribution in [-0.4, -0.2) is 35.2 Å². The summed E-state index contributed by atoms with van der Waals surface area (Å²) in [4.78, 5) is 18.5. The van der Waals surface area contributed by atoms with E-state index in [9.17, 15) is 4.79 Å². The number of amides is 1. The molecule has 0 saturated carbocycles. The molecule has 2 aromatic heterocycles. The molecular weight excluding hydrogens is 302 g/mol. The summed E-state index contributed by atoms with van der Waals surface area (Å²) in [6.45, 7) is 0. The fourth-order valence-corrected chi connectivity index (χ4v) is 2.43. The third-order valence-electron chi connectivity index (χ3n) is 3.29. The molecule has 0 unspecified atom stereocenters. The maximum absolute atomic E-state index is 12.5. The van der Waals surface area contributed by atoms with E-state index in [4.69, 9.17) is 11.6 Å². The Morgan fingerprint density at radius 3 is 2.91 bits per heavy atom. The number of carbonyl (C=O) groups excluding carboxylic acids is 1. The Morgan fingerprint density at radius 1 is 1.32 bits per heavy atom. The molecule has 1 aromatic carbocycles.